The Balaban J connectivity index is 2.42. The SMILES string of the molecule is CCC(C)CN(C)CC1(CO)CCCOC1. The van der Waals surface area contributed by atoms with Gasteiger partial charge in [-0.15, -0.1) is 0 Å². The lowest BCUT2D eigenvalue weighted by Crippen LogP contribution is -2.45. The molecule has 16 heavy (non-hydrogen) atoms. The maximum atomic E-state index is 9.58. The highest BCUT2D eigenvalue weighted by molar-refractivity contribution is 4.84. The fourth-order valence-electron chi connectivity index (χ4n) is 2.51. The van der Waals surface area contributed by atoms with Gasteiger partial charge in [0.05, 0.1) is 13.2 Å². The lowest BCUT2D eigenvalue weighted by atomic mass is 9.82. The Labute approximate surface area is 99.8 Å². The standard InChI is InChI=1S/C13H27NO2/c1-4-12(2)8-14(3)9-13(10-15)6-5-7-16-11-13/h12,15H,4-11H2,1-3H3. The van der Waals surface area contributed by atoms with Gasteiger partial charge in [0, 0.05) is 25.1 Å². The van der Waals surface area contributed by atoms with Gasteiger partial charge in [0.1, 0.15) is 0 Å². The Bertz CT molecular complexity index is 190. The summed E-state index contributed by atoms with van der Waals surface area (Å²) in [6, 6.07) is 0. The summed E-state index contributed by atoms with van der Waals surface area (Å²) in [6.07, 6.45) is 3.39. The van der Waals surface area contributed by atoms with Crippen molar-refractivity contribution in [2.75, 3.05) is 40.0 Å². The first-order chi connectivity index (χ1) is 7.62. The fraction of sp³-hybridized carbons (Fsp3) is 1.00. The van der Waals surface area contributed by atoms with E-state index in [2.05, 4.69) is 25.8 Å². The summed E-state index contributed by atoms with van der Waals surface area (Å²) in [5.41, 5.74) is -0.0134. The van der Waals surface area contributed by atoms with E-state index in [-0.39, 0.29) is 12.0 Å². The predicted octanol–water partition coefficient (Wildman–Crippen LogP) is 1.75. The zero-order valence-electron chi connectivity index (χ0n) is 11.0. The highest BCUT2D eigenvalue weighted by Crippen LogP contribution is 2.29. The van der Waals surface area contributed by atoms with Crippen molar-refractivity contribution in [3.63, 3.8) is 0 Å². The molecule has 0 bridgehead atoms. The van der Waals surface area contributed by atoms with Crippen LogP contribution < -0.4 is 0 Å². The largest absolute Gasteiger partial charge is 0.396 e. The van der Waals surface area contributed by atoms with E-state index in [0.29, 0.717) is 6.61 Å². The summed E-state index contributed by atoms with van der Waals surface area (Å²) in [4.78, 5) is 2.35. The normalized spacial score (nSPS) is 28.3. The van der Waals surface area contributed by atoms with Crippen LogP contribution in [-0.4, -0.2) is 50.0 Å². The molecule has 0 aliphatic carbocycles. The molecule has 0 aromatic rings. The average molecular weight is 229 g/mol. The van der Waals surface area contributed by atoms with E-state index in [1.54, 1.807) is 0 Å². The Morgan fingerprint density at radius 2 is 2.25 bits per heavy atom. The summed E-state index contributed by atoms with van der Waals surface area (Å²) in [7, 11) is 2.15. The summed E-state index contributed by atoms with van der Waals surface area (Å²) in [5, 5.41) is 9.58. The molecule has 1 aliphatic heterocycles. The molecule has 1 heterocycles. The van der Waals surface area contributed by atoms with Crippen molar-refractivity contribution in [1.29, 1.82) is 0 Å². The molecule has 0 aromatic heterocycles. The van der Waals surface area contributed by atoms with Gasteiger partial charge >= 0.3 is 0 Å². The Morgan fingerprint density at radius 1 is 1.50 bits per heavy atom. The molecule has 0 saturated carbocycles. The number of aliphatic hydroxyl groups is 1. The van der Waals surface area contributed by atoms with Crippen molar-refractivity contribution in [2.24, 2.45) is 11.3 Å². The second kappa shape index (κ2) is 6.58. The van der Waals surface area contributed by atoms with E-state index in [0.717, 1.165) is 38.5 Å². The first-order valence-electron chi connectivity index (χ1n) is 6.49. The van der Waals surface area contributed by atoms with E-state index < -0.39 is 0 Å². The van der Waals surface area contributed by atoms with Gasteiger partial charge in [-0.25, -0.2) is 0 Å². The lowest BCUT2D eigenvalue weighted by Gasteiger charge is -2.39. The maximum absolute atomic E-state index is 9.58. The van der Waals surface area contributed by atoms with Gasteiger partial charge in [0.2, 0.25) is 0 Å². The fourth-order valence-corrected chi connectivity index (χ4v) is 2.51. The highest BCUT2D eigenvalue weighted by Gasteiger charge is 2.33. The van der Waals surface area contributed by atoms with Crippen LogP contribution in [0.15, 0.2) is 0 Å². The lowest BCUT2D eigenvalue weighted by molar-refractivity contribution is -0.0534. The minimum absolute atomic E-state index is 0.0134. The third kappa shape index (κ3) is 4.04. The topological polar surface area (TPSA) is 32.7 Å². The van der Waals surface area contributed by atoms with Crippen molar-refractivity contribution in [3.8, 4) is 0 Å². The van der Waals surface area contributed by atoms with E-state index in [1.165, 1.54) is 6.42 Å². The number of hydrogen-bond donors (Lipinski definition) is 1. The smallest absolute Gasteiger partial charge is 0.0556 e. The number of hydrogen-bond acceptors (Lipinski definition) is 3. The monoisotopic (exact) mass is 229 g/mol. The Kier molecular flexibility index (Phi) is 5.73. The molecule has 3 nitrogen and oxygen atoms in total. The maximum Gasteiger partial charge on any atom is 0.0556 e. The van der Waals surface area contributed by atoms with E-state index >= 15 is 0 Å². The molecule has 1 rings (SSSR count). The number of nitrogens with zero attached hydrogens (tertiary/aromatic N) is 1. The summed E-state index contributed by atoms with van der Waals surface area (Å²) in [5.74, 6) is 0.727. The van der Waals surface area contributed by atoms with Gasteiger partial charge in [0.25, 0.3) is 0 Å². The molecule has 0 spiro atoms. The van der Waals surface area contributed by atoms with Crippen molar-refractivity contribution in [3.05, 3.63) is 0 Å². The highest BCUT2D eigenvalue weighted by atomic mass is 16.5. The quantitative estimate of drug-likeness (QED) is 0.753. The second-order valence-corrected chi connectivity index (χ2v) is 5.52. The van der Waals surface area contributed by atoms with Gasteiger partial charge in [0.15, 0.2) is 0 Å². The van der Waals surface area contributed by atoms with Gasteiger partial charge in [-0.3, -0.25) is 0 Å². The molecule has 96 valence electrons. The van der Waals surface area contributed by atoms with Gasteiger partial charge < -0.3 is 14.7 Å². The summed E-state index contributed by atoms with van der Waals surface area (Å²) < 4.78 is 5.52. The van der Waals surface area contributed by atoms with Crippen LogP contribution in [0, 0.1) is 11.3 Å². The minimum Gasteiger partial charge on any atom is -0.396 e. The molecule has 2 atom stereocenters. The summed E-state index contributed by atoms with van der Waals surface area (Å²) >= 11 is 0. The summed E-state index contributed by atoms with van der Waals surface area (Å²) in [6.45, 7) is 8.39. The molecule has 1 N–H and O–H groups in total. The Hall–Kier alpha value is -0.120. The number of rotatable bonds is 6. The van der Waals surface area contributed by atoms with Crippen LogP contribution in [0.4, 0.5) is 0 Å². The van der Waals surface area contributed by atoms with Crippen molar-refractivity contribution in [2.45, 2.75) is 33.1 Å². The van der Waals surface area contributed by atoms with E-state index in [9.17, 15) is 5.11 Å². The van der Waals surface area contributed by atoms with Crippen LogP contribution >= 0.6 is 0 Å². The van der Waals surface area contributed by atoms with Crippen LogP contribution in [0.5, 0.6) is 0 Å². The zero-order valence-corrected chi connectivity index (χ0v) is 11.0. The predicted molar refractivity (Wildman–Crippen MR) is 66.5 cm³/mol. The van der Waals surface area contributed by atoms with E-state index in [4.69, 9.17) is 4.74 Å². The van der Waals surface area contributed by atoms with Gasteiger partial charge in [-0.2, -0.15) is 0 Å². The molecular weight excluding hydrogens is 202 g/mol. The first-order valence-corrected chi connectivity index (χ1v) is 6.49. The molecule has 0 aromatic carbocycles. The van der Waals surface area contributed by atoms with Gasteiger partial charge in [-0.1, -0.05) is 20.3 Å². The van der Waals surface area contributed by atoms with E-state index in [1.807, 2.05) is 0 Å². The molecule has 1 saturated heterocycles. The van der Waals surface area contributed by atoms with Crippen LogP contribution in [0.2, 0.25) is 0 Å². The average Bonchev–Trinajstić information content (AvgIpc) is 2.29. The minimum atomic E-state index is -0.0134. The van der Waals surface area contributed by atoms with Crippen LogP contribution in [-0.2, 0) is 4.74 Å². The van der Waals surface area contributed by atoms with Crippen molar-refractivity contribution < 1.29 is 9.84 Å². The van der Waals surface area contributed by atoms with Gasteiger partial charge in [-0.05, 0) is 25.8 Å². The van der Waals surface area contributed by atoms with Crippen molar-refractivity contribution >= 4 is 0 Å². The molecule has 1 aliphatic rings. The number of aliphatic hydroxyl groups excluding tert-OH is 1. The molecule has 0 amide bonds. The molecule has 2 unspecified atom stereocenters. The van der Waals surface area contributed by atoms with Crippen LogP contribution in [0.3, 0.4) is 0 Å². The second-order valence-electron chi connectivity index (χ2n) is 5.52. The zero-order chi connectivity index (χ0) is 12.0. The third-order valence-electron chi connectivity index (χ3n) is 3.67. The van der Waals surface area contributed by atoms with Crippen molar-refractivity contribution in [1.82, 2.24) is 4.90 Å². The third-order valence-corrected chi connectivity index (χ3v) is 3.67. The van der Waals surface area contributed by atoms with Crippen LogP contribution in [0.25, 0.3) is 0 Å². The first kappa shape index (κ1) is 13.9. The molecule has 1 fully saturated rings. The molecule has 3 heteroatoms. The molecular formula is C13H27NO2. The Morgan fingerprint density at radius 3 is 2.75 bits per heavy atom. The van der Waals surface area contributed by atoms with Crippen LogP contribution in [0.1, 0.15) is 33.1 Å². The molecule has 0 radical (unpaired) electrons. The number of ether oxygens (including phenoxy) is 1.